The number of aromatic nitrogens is 5. The Kier molecular flexibility index (Phi) is 5.44. The number of rotatable bonds is 5. The van der Waals surface area contributed by atoms with Gasteiger partial charge in [-0.2, -0.15) is 0 Å². The average molecular weight is 477 g/mol. The number of piperidine rings is 3. The maximum atomic E-state index is 15.3. The van der Waals surface area contributed by atoms with Crippen LogP contribution in [0.5, 0.6) is 5.75 Å². The highest BCUT2D eigenvalue weighted by Gasteiger charge is 2.35. The average Bonchev–Trinajstić information content (AvgIpc) is 3.20. The van der Waals surface area contributed by atoms with E-state index >= 15 is 4.39 Å². The van der Waals surface area contributed by atoms with Crippen LogP contribution in [-0.2, 0) is 6.54 Å². The van der Waals surface area contributed by atoms with Gasteiger partial charge < -0.3 is 9.30 Å². The Morgan fingerprint density at radius 1 is 1.03 bits per heavy atom. The van der Waals surface area contributed by atoms with Crippen molar-refractivity contribution in [3.63, 3.8) is 0 Å². The molecule has 180 valence electrons. The number of fused-ring (bicyclic) bond motifs is 4. The lowest BCUT2D eigenvalue weighted by Crippen LogP contribution is -2.52. The lowest BCUT2D eigenvalue weighted by molar-refractivity contribution is -0.00789. The minimum Gasteiger partial charge on any atom is -0.489 e. The summed E-state index contributed by atoms with van der Waals surface area (Å²) in [5, 5.41) is 0. The fourth-order valence-corrected chi connectivity index (χ4v) is 5.30. The van der Waals surface area contributed by atoms with Crippen molar-refractivity contribution in [1.82, 2.24) is 29.4 Å². The second-order valence-electron chi connectivity index (χ2n) is 9.49. The molecule has 1 aromatic carbocycles. The van der Waals surface area contributed by atoms with E-state index in [4.69, 9.17) is 4.74 Å². The second-order valence-corrected chi connectivity index (χ2v) is 9.49. The second kappa shape index (κ2) is 8.64. The Bertz CT molecular complexity index is 1410. The van der Waals surface area contributed by atoms with E-state index < -0.39 is 5.82 Å². The van der Waals surface area contributed by atoms with Gasteiger partial charge in [-0.15, -0.1) is 0 Å². The van der Waals surface area contributed by atoms with Gasteiger partial charge in [0.25, 0.3) is 0 Å². The van der Waals surface area contributed by atoms with Crippen LogP contribution in [0.25, 0.3) is 22.6 Å². The quantitative estimate of drug-likeness (QED) is 0.428. The first-order valence-electron chi connectivity index (χ1n) is 11.9. The molecule has 35 heavy (non-hydrogen) atoms. The fourth-order valence-electron chi connectivity index (χ4n) is 5.30. The lowest BCUT2D eigenvalue weighted by Gasteiger charge is -2.44. The van der Waals surface area contributed by atoms with E-state index in [0.717, 1.165) is 38.7 Å². The van der Waals surface area contributed by atoms with Gasteiger partial charge in [0.15, 0.2) is 5.65 Å². The molecule has 0 spiro atoms. The number of hydrogen-bond acceptors (Lipinski definition) is 6. The van der Waals surface area contributed by atoms with Crippen molar-refractivity contribution in [2.24, 2.45) is 5.92 Å². The van der Waals surface area contributed by atoms with E-state index in [9.17, 15) is 4.39 Å². The predicted molar refractivity (Wildman–Crippen MR) is 127 cm³/mol. The summed E-state index contributed by atoms with van der Waals surface area (Å²) < 4.78 is 37.3. The molecular formula is C26H26F2N6O. The van der Waals surface area contributed by atoms with Crippen molar-refractivity contribution in [3.05, 3.63) is 65.4 Å². The monoisotopic (exact) mass is 476 g/mol. The summed E-state index contributed by atoms with van der Waals surface area (Å²) in [6.45, 7) is 6.98. The number of benzene rings is 1. The van der Waals surface area contributed by atoms with Gasteiger partial charge in [0.05, 0.1) is 18.4 Å². The molecule has 3 aliphatic rings. The Morgan fingerprint density at radius 3 is 2.57 bits per heavy atom. The van der Waals surface area contributed by atoms with Gasteiger partial charge in [0.1, 0.15) is 40.7 Å². The third kappa shape index (κ3) is 4.14. The van der Waals surface area contributed by atoms with Gasteiger partial charge in [-0.25, -0.2) is 23.7 Å². The smallest absolute Gasteiger partial charge is 0.164 e. The van der Waals surface area contributed by atoms with Crippen LogP contribution in [0.15, 0.2) is 36.7 Å². The number of aryl methyl sites for hydroxylation is 2. The summed E-state index contributed by atoms with van der Waals surface area (Å²) in [4.78, 5) is 20.0. The highest BCUT2D eigenvalue weighted by molar-refractivity contribution is 5.79. The molecule has 3 saturated heterocycles. The number of pyridine rings is 1. The number of hydrogen-bond donors (Lipinski definition) is 0. The molecule has 7 rings (SSSR count). The molecule has 0 N–H and O–H groups in total. The SMILES string of the molecule is Cc1nc(C)c2nc(-c3cncc(F)c3)n(Cc3ccc(O[C@@H]4CN5CCC4CC5)cc3F)c2n1. The molecule has 7 nitrogen and oxygen atoms in total. The molecule has 3 fully saturated rings. The van der Waals surface area contributed by atoms with Crippen molar-refractivity contribution in [3.8, 4) is 17.1 Å². The first-order chi connectivity index (χ1) is 16.9. The van der Waals surface area contributed by atoms with Crippen LogP contribution in [0, 0.1) is 31.4 Å². The first-order valence-corrected chi connectivity index (χ1v) is 11.9. The molecule has 0 amide bonds. The van der Waals surface area contributed by atoms with E-state index in [0.29, 0.717) is 51.3 Å². The van der Waals surface area contributed by atoms with Crippen LogP contribution < -0.4 is 4.74 Å². The van der Waals surface area contributed by atoms with Crippen LogP contribution in [0.2, 0.25) is 0 Å². The molecule has 6 heterocycles. The summed E-state index contributed by atoms with van der Waals surface area (Å²) in [5.41, 5.74) is 2.82. The molecule has 3 aliphatic heterocycles. The topological polar surface area (TPSA) is 69.0 Å². The van der Waals surface area contributed by atoms with E-state index in [1.165, 1.54) is 18.3 Å². The number of imidazole rings is 1. The Labute approximate surface area is 201 Å². The third-order valence-corrected chi connectivity index (χ3v) is 7.08. The molecule has 2 bridgehead atoms. The highest BCUT2D eigenvalue weighted by Crippen LogP contribution is 2.32. The molecule has 0 saturated carbocycles. The number of ether oxygens (including phenoxy) is 1. The number of nitrogens with zero attached hydrogens (tertiary/aromatic N) is 6. The maximum absolute atomic E-state index is 15.3. The van der Waals surface area contributed by atoms with Gasteiger partial charge in [-0.1, -0.05) is 6.07 Å². The Morgan fingerprint density at radius 2 is 1.86 bits per heavy atom. The van der Waals surface area contributed by atoms with E-state index in [2.05, 4.69) is 24.8 Å². The molecule has 1 atom stereocenters. The van der Waals surface area contributed by atoms with Crippen LogP contribution in [0.4, 0.5) is 8.78 Å². The number of halogens is 2. The fraction of sp³-hybridized carbons (Fsp3) is 0.385. The van der Waals surface area contributed by atoms with Crippen molar-refractivity contribution < 1.29 is 13.5 Å². The van der Waals surface area contributed by atoms with Gasteiger partial charge in [0.2, 0.25) is 0 Å². The highest BCUT2D eigenvalue weighted by atomic mass is 19.1. The zero-order valence-corrected chi connectivity index (χ0v) is 19.7. The van der Waals surface area contributed by atoms with Crippen LogP contribution in [-0.4, -0.2) is 55.1 Å². The van der Waals surface area contributed by atoms with Crippen LogP contribution >= 0.6 is 0 Å². The Balaban J connectivity index is 1.35. The van der Waals surface area contributed by atoms with Gasteiger partial charge >= 0.3 is 0 Å². The van der Waals surface area contributed by atoms with Crippen LogP contribution in [0.1, 0.15) is 29.9 Å². The first kappa shape index (κ1) is 22.0. The van der Waals surface area contributed by atoms with E-state index in [1.807, 2.05) is 13.0 Å². The van der Waals surface area contributed by atoms with Crippen molar-refractivity contribution in [2.75, 3.05) is 19.6 Å². The molecule has 0 unspecified atom stereocenters. The normalized spacial score (nSPS) is 21.5. The molecule has 4 aromatic rings. The predicted octanol–water partition coefficient (Wildman–Crippen LogP) is 4.30. The summed E-state index contributed by atoms with van der Waals surface area (Å²) in [7, 11) is 0. The molecule has 3 aromatic heterocycles. The van der Waals surface area contributed by atoms with E-state index in [1.54, 1.807) is 17.6 Å². The lowest BCUT2D eigenvalue weighted by atomic mass is 9.86. The van der Waals surface area contributed by atoms with E-state index in [-0.39, 0.29) is 18.5 Å². The van der Waals surface area contributed by atoms with Gasteiger partial charge in [-0.05, 0) is 57.8 Å². The zero-order valence-electron chi connectivity index (χ0n) is 19.7. The van der Waals surface area contributed by atoms with Crippen molar-refractivity contribution in [1.29, 1.82) is 0 Å². The summed E-state index contributed by atoms with van der Waals surface area (Å²) in [5.74, 6) is 1.29. The van der Waals surface area contributed by atoms with Gasteiger partial charge in [0, 0.05) is 29.9 Å². The summed E-state index contributed by atoms with van der Waals surface area (Å²) in [6, 6.07) is 6.39. The molecular weight excluding hydrogens is 450 g/mol. The standard InChI is InChI=1S/C26H26F2N6O/c1-15-24-26(31-16(2)30-15)34(25(32-24)19-9-20(27)12-29-11-19)13-18-3-4-21(10-22(18)28)35-23-14-33-7-5-17(23)6-8-33/h3-4,9-12,17,23H,5-8,13-14H2,1-2H3/t23-/m1/s1. The molecule has 0 radical (unpaired) electrons. The molecule has 0 aliphatic carbocycles. The Hall–Kier alpha value is -3.46. The van der Waals surface area contributed by atoms with Crippen molar-refractivity contribution >= 4 is 11.2 Å². The van der Waals surface area contributed by atoms with Crippen molar-refractivity contribution in [2.45, 2.75) is 39.3 Å². The maximum Gasteiger partial charge on any atom is 0.164 e. The van der Waals surface area contributed by atoms with Crippen LogP contribution in [0.3, 0.4) is 0 Å². The third-order valence-electron chi connectivity index (χ3n) is 7.08. The summed E-state index contributed by atoms with van der Waals surface area (Å²) >= 11 is 0. The summed E-state index contributed by atoms with van der Waals surface area (Å²) in [6.07, 6.45) is 5.06. The minimum atomic E-state index is -0.472. The minimum absolute atomic E-state index is 0.107. The largest absolute Gasteiger partial charge is 0.489 e. The zero-order chi connectivity index (χ0) is 24.1. The molecule has 9 heteroatoms. The van der Waals surface area contributed by atoms with Gasteiger partial charge in [-0.3, -0.25) is 9.88 Å².